The highest BCUT2D eigenvalue weighted by Gasteiger charge is 2.53. The van der Waals surface area contributed by atoms with Gasteiger partial charge in [0.25, 0.3) is 0 Å². The van der Waals surface area contributed by atoms with Gasteiger partial charge in [-0.15, -0.1) is 24.0 Å². The molecule has 4 aliphatic rings. The van der Waals surface area contributed by atoms with E-state index < -0.39 is 0 Å². The van der Waals surface area contributed by atoms with Crippen molar-refractivity contribution in [2.45, 2.75) is 31.6 Å². The average molecular weight is 512 g/mol. The van der Waals surface area contributed by atoms with Crippen molar-refractivity contribution in [3.63, 3.8) is 0 Å². The van der Waals surface area contributed by atoms with Crippen molar-refractivity contribution in [1.82, 2.24) is 20.1 Å². The Labute approximate surface area is 190 Å². The molecular formula is C21H33IN6O. The van der Waals surface area contributed by atoms with Gasteiger partial charge in [-0.05, 0) is 31.5 Å². The summed E-state index contributed by atoms with van der Waals surface area (Å²) in [5, 5.41) is 3.55. The fourth-order valence-electron chi connectivity index (χ4n) is 5.39. The van der Waals surface area contributed by atoms with Crippen LogP contribution in [-0.4, -0.2) is 86.3 Å². The molecule has 7 nitrogen and oxygen atoms in total. The monoisotopic (exact) mass is 512 g/mol. The first kappa shape index (κ1) is 21.1. The number of rotatable bonds is 3. The molecule has 5 heterocycles. The van der Waals surface area contributed by atoms with E-state index in [1.54, 1.807) is 0 Å². The summed E-state index contributed by atoms with van der Waals surface area (Å²) in [5.74, 6) is 3.49. The second-order valence-electron chi connectivity index (χ2n) is 8.74. The normalized spacial score (nSPS) is 31.7. The summed E-state index contributed by atoms with van der Waals surface area (Å²) in [6.45, 7) is 7.22. The van der Waals surface area contributed by atoms with Crippen LogP contribution in [0.3, 0.4) is 0 Å². The van der Waals surface area contributed by atoms with Gasteiger partial charge in [-0.1, -0.05) is 6.07 Å². The molecule has 0 spiro atoms. The van der Waals surface area contributed by atoms with Crippen molar-refractivity contribution in [1.29, 1.82) is 0 Å². The molecule has 0 radical (unpaired) electrons. The molecule has 0 aromatic carbocycles. The largest absolute Gasteiger partial charge is 0.374 e. The van der Waals surface area contributed by atoms with Gasteiger partial charge in [-0.25, -0.2) is 4.98 Å². The molecule has 2 bridgehead atoms. The number of fused-ring (bicyclic) bond motifs is 5. The van der Waals surface area contributed by atoms with Crippen molar-refractivity contribution >= 4 is 35.8 Å². The van der Waals surface area contributed by atoms with Gasteiger partial charge in [0.15, 0.2) is 5.96 Å². The maximum Gasteiger partial charge on any atom is 0.193 e. The molecule has 4 atom stereocenters. The van der Waals surface area contributed by atoms with Crippen molar-refractivity contribution < 1.29 is 4.74 Å². The molecule has 1 N–H and O–H groups in total. The molecule has 8 heteroatoms. The number of aromatic nitrogens is 1. The summed E-state index contributed by atoms with van der Waals surface area (Å²) >= 11 is 0. The van der Waals surface area contributed by atoms with E-state index in [0.29, 0.717) is 24.0 Å². The fourth-order valence-corrected chi connectivity index (χ4v) is 5.39. The Kier molecular flexibility index (Phi) is 6.50. The zero-order valence-electron chi connectivity index (χ0n) is 17.5. The number of hydrogen-bond acceptors (Lipinski definition) is 5. The second kappa shape index (κ2) is 8.93. The van der Waals surface area contributed by atoms with Crippen LogP contribution in [0.1, 0.15) is 18.4 Å². The minimum Gasteiger partial charge on any atom is -0.374 e. The van der Waals surface area contributed by atoms with Gasteiger partial charge in [0.05, 0.1) is 12.2 Å². The lowest BCUT2D eigenvalue weighted by Gasteiger charge is -2.33. The lowest BCUT2D eigenvalue weighted by Crippen LogP contribution is -2.44. The Morgan fingerprint density at radius 2 is 1.83 bits per heavy atom. The van der Waals surface area contributed by atoms with Crippen molar-refractivity contribution in [2.75, 3.05) is 58.3 Å². The SMILES string of the molecule is CN=C(NCc1ccc(N2CCN(C)CC2)nc1)N1CC2C3CCC(O3)C2C1.I. The third-order valence-electron chi connectivity index (χ3n) is 7.05. The van der Waals surface area contributed by atoms with E-state index in [4.69, 9.17) is 9.72 Å². The standard InChI is InChI=1S/C21H32N6O.HI/c1-22-21(27-13-16-17(14-27)19-5-4-18(16)28-19)24-12-15-3-6-20(23-11-15)26-9-7-25(2)8-10-26;/h3,6,11,16-19H,4-5,7-10,12-14H2,1-2H3,(H,22,24);1H. The summed E-state index contributed by atoms with van der Waals surface area (Å²) in [4.78, 5) is 16.4. The highest BCUT2D eigenvalue weighted by molar-refractivity contribution is 14.0. The Balaban J connectivity index is 0.00000205. The van der Waals surface area contributed by atoms with E-state index in [2.05, 4.69) is 44.2 Å². The third kappa shape index (κ3) is 4.20. The van der Waals surface area contributed by atoms with Crippen LogP contribution in [0, 0.1) is 11.8 Å². The van der Waals surface area contributed by atoms with Gasteiger partial charge < -0.3 is 24.8 Å². The Morgan fingerprint density at radius 3 is 2.41 bits per heavy atom. The van der Waals surface area contributed by atoms with E-state index in [1.165, 1.54) is 18.4 Å². The van der Waals surface area contributed by atoms with Crippen LogP contribution in [0.5, 0.6) is 0 Å². The van der Waals surface area contributed by atoms with Crippen LogP contribution in [0.4, 0.5) is 5.82 Å². The number of nitrogens with zero attached hydrogens (tertiary/aromatic N) is 5. The predicted molar refractivity (Wildman–Crippen MR) is 126 cm³/mol. The van der Waals surface area contributed by atoms with Crippen LogP contribution in [0.15, 0.2) is 23.3 Å². The Bertz CT molecular complexity index is 702. The third-order valence-corrected chi connectivity index (χ3v) is 7.05. The maximum atomic E-state index is 6.10. The van der Waals surface area contributed by atoms with Crippen LogP contribution in [0.25, 0.3) is 0 Å². The van der Waals surface area contributed by atoms with Gasteiger partial charge in [0.1, 0.15) is 5.82 Å². The van der Waals surface area contributed by atoms with Crippen LogP contribution in [0.2, 0.25) is 0 Å². The van der Waals surface area contributed by atoms with Crippen LogP contribution < -0.4 is 10.2 Å². The van der Waals surface area contributed by atoms with E-state index >= 15 is 0 Å². The molecule has 4 aliphatic heterocycles. The van der Waals surface area contributed by atoms with Crippen molar-refractivity contribution in [2.24, 2.45) is 16.8 Å². The van der Waals surface area contributed by atoms with Gasteiger partial charge in [-0.2, -0.15) is 0 Å². The van der Waals surface area contributed by atoms with Gasteiger partial charge in [0, 0.05) is 70.9 Å². The minimum absolute atomic E-state index is 0. The zero-order valence-corrected chi connectivity index (χ0v) is 19.8. The molecule has 4 unspecified atom stereocenters. The van der Waals surface area contributed by atoms with E-state index in [9.17, 15) is 0 Å². The summed E-state index contributed by atoms with van der Waals surface area (Å²) in [6.07, 6.45) is 5.48. The number of nitrogens with one attached hydrogen (secondary N) is 1. The number of halogens is 1. The number of piperazine rings is 1. The molecule has 4 saturated heterocycles. The summed E-state index contributed by atoms with van der Waals surface area (Å²) in [5.41, 5.74) is 1.20. The lowest BCUT2D eigenvalue weighted by atomic mass is 9.82. The summed E-state index contributed by atoms with van der Waals surface area (Å²) in [6, 6.07) is 4.34. The van der Waals surface area contributed by atoms with Gasteiger partial charge >= 0.3 is 0 Å². The Morgan fingerprint density at radius 1 is 1.14 bits per heavy atom. The minimum atomic E-state index is 0. The van der Waals surface area contributed by atoms with Crippen LogP contribution >= 0.6 is 24.0 Å². The van der Waals surface area contributed by atoms with E-state index in [1.807, 2.05) is 13.2 Å². The number of hydrogen-bond donors (Lipinski definition) is 1. The van der Waals surface area contributed by atoms with Crippen molar-refractivity contribution in [3.05, 3.63) is 23.9 Å². The smallest absolute Gasteiger partial charge is 0.193 e. The number of guanidine groups is 1. The maximum absolute atomic E-state index is 6.10. The topological polar surface area (TPSA) is 56.2 Å². The van der Waals surface area contributed by atoms with Crippen molar-refractivity contribution in [3.8, 4) is 0 Å². The molecule has 29 heavy (non-hydrogen) atoms. The van der Waals surface area contributed by atoms with E-state index in [0.717, 1.165) is 57.6 Å². The molecule has 4 fully saturated rings. The molecular weight excluding hydrogens is 479 g/mol. The first-order valence-corrected chi connectivity index (χ1v) is 10.7. The van der Waals surface area contributed by atoms with Crippen LogP contribution in [-0.2, 0) is 11.3 Å². The van der Waals surface area contributed by atoms with E-state index in [-0.39, 0.29) is 24.0 Å². The zero-order chi connectivity index (χ0) is 19.1. The first-order chi connectivity index (χ1) is 13.7. The number of likely N-dealkylation sites (tertiary alicyclic amines) is 1. The number of anilines is 1. The molecule has 0 aliphatic carbocycles. The number of pyridine rings is 1. The molecule has 160 valence electrons. The molecule has 0 saturated carbocycles. The molecule has 5 rings (SSSR count). The summed E-state index contributed by atoms with van der Waals surface area (Å²) in [7, 11) is 4.06. The first-order valence-electron chi connectivity index (χ1n) is 10.7. The lowest BCUT2D eigenvalue weighted by molar-refractivity contribution is 0.0767. The van der Waals surface area contributed by atoms with Gasteiger partial charge in [-0.3, -0.25) is 4.99 Å². The second-order valence-corrected chi connectivity index (χ2v) is 8.74. The van der Waals surface area contributed by atoms with Gasteiger partial charge in [0.2, 0.25) is 0 Å². The molecule has 1 aromatic heterocycles. The predicted octanol–water partition coefficient (Wildman–Crippen LogP) is 1.64. The molecule has 1 aromatic rings. The summed E-state index contributed by atoms with van der Waals surface area (Å²) < 4.78 is 6.10. The highest BCUT2D eigenvalue weighted by Crippen LogP contribution is 2.47. The average Bonchev–Trinajstić information content (AvgIpc) is 3.43. The number of ether oxygens (including phenoxy) is 1. The number of aliphatic imine (C=N–C) groups is 1. The quantitative estimate of drug-likeness (QED) is 0.378. The number of likely N-dealkylation sites (N-methyl/N-ethyl adjacent to an activating group) is 1. The highest BCUT2D eigenvalue weighted by atomic mass is 127. The fraction of sp³-hybridized carbons (Fsp3) is 0.714. The molecule has 0 amide bonds. The Hall–Kier alpha value is -1.13.